The average Bonchev–Trinajstić information content (AvgIpc) is 3.46. The third-order valence-electron chi connectivity index (χ3n) is 4.79. The van der Waals surface area contributed by atoms with Gasteiger partial charge in [0.25, 0.3) is 0 Å². The summed E-state index contributed by atoms with van der Waals surface area (Å²) >= 11 is 1.59. The fourth-order valence-electron chi connectivity index (χ4n) is 3.47. The van der Waals surface area contributed by atoms with Gasteiger partial charge in [0.2, 0.25) is 0 Å². The first-order chi connectivity index (χ1) is 14.2. The molecule has 0 bridgehead atoms. The van der Waals surface area contributed by atoms with Crippen molar-refractivity contribution in [2.24, 2.45) is 5.73 Å². The third-order valence-corrected chi connectivity index (χ3v) is 5.86. The monoisotopic (exact) mass is 401 g/mol. The van der Waals surface area contributed by atoms with E-state index in [1.807, 2.05) is 31.2 Å². The number of H-pyrrole nitrogens is 1. The number of hydrogen-bond acceptors (Lipinski definition) is 6. The average molecular weight is 401 g/mol. The molecule has 0 amide bonds. The molecule has 5 rings (SSSR count). The van der Waals surface area contributed by atoms with Gasteiger partial charge in [-0.1, -0.05) is 36.4 Å². The number of nitrogens with one attached hydrogen (secondary N) is 1. The van der Waals surface area contributed by atoms with Crippen LogP contribution in [0.4, 0.5) is 0 Å². The number of hydrogen-bond donors (Lipinski definition) is 2. The molecule has 144 valence electrons. The fraction of sp³-hybridized carbons (Fsp3) is 0.143. The quantitative estimate of drug-likeness (QED) is 0.468. The largest absolute Gasteiger partial charge is 0.330 e. The summed E-state index contributed by atoms with van der Waals surface area (Å²) in [6.45, 7) is 2.63. The van der Waals surface area contributed by atoms with Crippen LogP contribution in [0.2, 0.25) is 0 Å². The highest BCUT2D eigenvalue weighted by atomic mass is 32.1. The zero-order valence-electron chi connectivity index (χ0n) is 15.8. The Morgan fingerprint density at radius 1 is 1.10 bits per heavy atom. The minimum absolute atomic E-state index is 0.611. The zero-order valence-corrected chi connectivity index (χ0v) is 16.6. The van der Waals surface area contributed by atoms with E-state index in [4.69, 9.17) is 15.7 Å². The second-order valence-corrected chi connectivity index (χ2v) is 7.75. The van der Waals surface area contributed by atoms with Crippen LogP contribution in [0.5, 0.6) is 0 Å². The van der Waals surface area contributed by atoms with Crippen molar-refractivity contribution in [3.8, 4) is 32.7 Å². The maximum absolute atomic E-state index is 5.75. The first-order valence-corrected chi connectivity index (χ1v) is 10.2. The fourth-order valence-corrected chi connectivity index (χ4v) is 4.60. The van der Waals surface area contributed by atoms with Gasteiger partial charge in [-0.15, -0.1) is 11.3 Å². The normalized spacial score (nSPS) is 11.4. The van der Waals surface area contributed by atoms with Crippen molar-refractivity contribution >= 4 is 17.0 Å². The van der Waals surface area contributed by atoms with E-state index in [-0.39, 0.29) is 0 Å². The van der Waals surface area contributed by atoms with E-state index in [0.29, 0.717) is 12.4 Å². The summed E-state index contributed by atoms with van der Waals surface area (Å²) in [6, 6.07) is 14.2. The minimum atomic E-state index is 0.611. The Morgan fingerprint density at radius 3 is 2.72 bits per heavy atom. The Bertz CT molecular complexity index is 1270. The summed E-state index contributed by atoms with van der Waals surface area (Å²) in [5, 5.41) is 7.88. The molecule has 0 saturated carbocycles. The lowest BCUT2D eigenvalue weighted by Gasteiger charge is -2.03. The highest BCUT2D eigenvalue weighted by molar-refractivity contribution is 7.18. The molecule has 0 unspecified atom stereocenters. The first kappa shape index (κ1) is 17.7. The highest BCUT2D eigenvalue weighted by Crippen LogP contribution is 2.40. The molecule has 0 atom stereocenters. The SMILES string of the molecule is Cc1nc2ccc(CCN)cn2c1-c1nc(-c2ccccc2)c(-c2ncn[nH]2)s1. The van der Waals surface area contributed by atoms with Crippen molar-refractivity contribution in [2.75, 3.05) is 6.54 Å². The lowest BCUT2D eigenvalue weighted by atomic mass is 10.1. The Kier molecular flexibility index (Phi) is 4.42. The van der Waals surface area contributed by atoms with Gasteiger partial charge in [0.15, 0.2) is 5.82 Å². The predicted molar refractivity (Wildman–Crippen MR) is 115 cm³/mol. The number of rotatable bonds is 5. The second kappa shape index (κ2) is 7.23. The molecule has 0 aliphatic carbocycles. The van der Waals surface area contributed by atoms with Crippen LogP contribution in [0.1, 0.15) is 11.3 Å². The van der Waals surface area contributed by atoms with Crippen LogP contribution in [0.25, 0.3) is 38.3 Å². The summed E-state index contributed by atoms with van der Waals surface area (Å²) in [6.07, 6.45) is 4.44. The Labute approximate surface area is 171 Å². The summed E-state index contributed by atoms with van der Waals surface area (Å²) in [5.41, 5.74) is 11.7. The van der Waals surface area contributed by atoms with Gasteiger partial charge in [0.05, 0.1) is 16.3 Å². The van der Waals surface area contributed by atoms with E-state index >= 15 is 0 Å². The molecule has 0 spiro atoms. The summed E-state index contributed by atoms with van der Waals surface area (Å²) in [5.74, 6) is 0.711. The Morgan fingerprint density at radius 2 is 1.97 bits per heavy atom. The highest BCUT2D eigenvalue weighted by Gasteiger charge is 2.21. The van der Waals surface area contributed by atoms with Crippen molar-refractivity contribution in [1.82, 2.24) is 29.5 Å². The lowest BCUT2D eigenvalue weighted by Crippen LogP contribution is -2.03. The molecule has 0 saturated heterocycles. The molecule has 0 fully saturated rings. The van der Waals surface area contributed by atoms with E-state index in [2.05, 4.69) is 44.0 Å². The van der Waals surface area contributed by atoms with Gasteiger partial charge in [-0.3, -0.25) is 9.50 Å². The zero-order chi connectivity index (χ0) is 19.8. The predicted octanol–water partition coefficient (Wildman–Crippen LogP) is 3.72. The number of aryl methyl sites for hydroxylation is 1. The maximum Gasteiger partial charge on any atom is 0.167 e. The summed E-state index contributed by atoms with van der Waals surface area (Å²) in [7, 11) is 0. The Hall–Kier alpha value is -3.36. The van der Waals surface area contributed by atoms with Gasteiger partial charge in [-0.2, -0.15) is 5.10 Å². The van der Waals surface area contributed by atoms with E-state index in [1.54, 1.807) is 11.3 Å². The Balaban J connectivity index is 1.73. The van der Waals surface area contributed by atoms with Crippen molar-refractivity contribution in [3.63, 3.8) is 0 Å². The van der Waals surface area contributed by atoms with Crippen LogP contribution in [0.15, 0.2) is 55.0 Å². The van der Waals surface area contributed by atoms with Crippen molar-refractivity contribution in [2.45, 2.75) is 13.3 Å². The topological polar surface area (TPSA) is 97.8 Å². The molecule has 0 aliphatic heterocycles. The number of thiazole rings is 1. The smallest absolute Gasteiger partial charge is 0.167 e. The molecule has 3 N–H and O–H groups in total. The minimum Gasteiger partial charge on any atom is -0.330 e. The standard InChI is InChI=1S/C21H19N7S/c1-13-18(28-11-14(9-10-22)7-8-16(28)25-13)21-26-17(15-5-3-2-4-6-15)19(29-21)20-23-12-24-27-20/h2-8,11-12H,9-10,22H2,1H3,(H,23,24,27). The van der Waals surface area contributed by atoms with Crippen LogP contribution in [0, 0.1) is 6.92 Å². The molecule has 0 radical (unpaired) electrons. The maximum atomic E-state index is 5.75. The molecule has 1 aromatic carbocycles. The number of fused-ring (bicyclic) bond motifs is 1. The molecule has 8 heteroatoms. The molecular weight excluding hydrogens is 382 g/mol. The number of imidazole rings is 1. The number of nitrogens with two attached hydrogens (primary N) is 1. The van der Waals surface area contributed by atoms with Gasteiger partial charge in [-0.05, 0) is 31.5 Å². The van der Waals surface area contributed by atoms with Gasteiger partial charge in [0.1, 0.15) is 22.7 Å². The van der Waals surface area contributed by atoms with E-state index in [1.165, 1.54) is 11.9 Å². The summed E-state index contributed by atoms with van der Waals surface area (Å²) in [4.78, 5) is 15.1. The van der Waals surface area contributed by atoms with Crippen LogP contribution in [0.3, 0.4) is 0 Å². The molecule has 4 aromatic heterocycles. The molecule has 29 heavy (non-hydrogen) atoms. The number of aromatic nitrogens is 6. The van der Waals surface area contributed by atoms with E-state index in [0.717, 1.165) is 44.6 Å². The van der Waals surface area contributed by atoms with Crippen molar-refractivity contribution in [1.29, 1.82) is 0 Å². The van der Waals surface area contributed by atoms with Gasteiger partial charge < -0.3 is 5.73 Å². The number of benzene rings is 1. The molecule has 0 aliphatic rings. The van der Waals surface area contributed by atoms with E-state index < -0.39 is 0 Å². The molecule has 4 heterocycles. The van der Waals surface area contributed by atoms with Crippen LogP contribution in [-0.4, -0.2) is 36.1 Å². The molecular formula is C21H19N7S. The van der Waals surface area contributed by atoms with Crippen LogP contribution >= 0.6 is 11.3 Å². The first-order valence-electron chi connectivity index (χ1n) is 9.34. The van der Waals surface area contributed by atoms with Gasteiger partial charge in [0, 0.05) is 11.8 Å². The molecule has 7 nitrogen and oxygen atoms in total. The van der Waals surface area contributed by atoms with Gasteiger partial charge in [-0.25, -0.2) is 15.0 Å². The lowest BCUT2D eigenvalue weighted by molar-refractivity contribution is 0.952. The third kappa shape index (κ3) is 3.12. The van der Waals surface area contributed by atoms with Crippen LogP contribution in [-0.2, 0) is 6.42 Å². The second-order valence-electron chi connectivity index (χ2n) is 6.75. The van der Waals surface area contributed by atoms with Crippen molar-refractivity contribution in [3.05, 3.63) is 66.2 Å². The van der Waals surface area contributed by atoms with Crippen LogP contribution < -0.4 is 5.73 Å². The van der Waals surface area contributed by atoms with Gasteiger partial charge >= 0.3 is 0 Å². The number of pyridine rings is 1. The number of nitrogens with zero attached hydrogens (tertiary/aromatic N) is 5. The number of aromatic amines is 1. The summed E-state index contributed by atoms with van der Waals surface area (Å²) < 4.78 is 2.11. The van der Waals surface area contributed by atoms with E-state index in [9.17, 15) is 0 Å². The van der Waals surface area contributed by atoms with Crippen molar-refractivity contribution < 1.29 is 0 Å². The molecule has 5 aromatic rings.